The van der Waals surface area contributed by atoms with Crippen molar-refractivity contribution < 1.29 is 23.1 Å². The molecule has 230 valence electrons. The van der Waals surface area contributed by atoms with E-state index >= 15 is 0 Å². The van der Waals surface area contributed by atoms with Crippen LogP contribution in [0.25, 0.3) is 10.9 Å². The van der Waals surface area contributed by atoms with Crippen molar-refractivity contribution in [1.29, 1.82) is 0 Å². The van der Waals surface area contributed by atoms with Gasteiger partial charge in [0.1, 0.15) is 18.8 Å². The number of ketones is 1. The first-order valence-electron chi connectivity index (χ1n) is 15.3. The Morgan fingerprint density at radius 3 is 2.51 bits per heavy atom. The Morgan fingerprint density at radius 1 is 1.07 bits per heavy atom. The summed E-state index contributed by atoms with van der Waals surface area (Å²) in [5, 5.41) is 3.52. The molecule has 1 N–H and O–H groups in total. The molecule has 2 aliphatic rings. The highest BCUT2D eigenvalue weighted by Crippen LogP contribution is 2.33. The van der Waals surface area contributed by atoms with Gasteiger partial charge >= 0.3 is 6.09 Å². The Balaban J connectivity index is 1.05. The van der Waals surface area contributed by atoms with E-state index in [1.807, 2.05) is 35.2 Å². The lowest BCUT2D eigenvalue weighted by Crippen LogP contribution is -2.55. The van der Waals surface area contributed by atoms with Gasteiger partial charge in [0.05, 0.1) is 12.1 Å². The van der Waals surface area contributed by atoms with E-state index < -0.39 is 5.92 Å². The number of likely N-dealkylation sites (tertiary alicyclic amines) is 1. The Morgan fingerprint density at radius 2 is 1.81 bits per heavy atom. The van der Waals surface area contributed by atoms with Gasteiger partial charge in [-0.25, -0.2) is 23.5 Å². The van der Waals surface area contributed by atoms with Gasteiger partial charge in [-0.15, -0.1) is 0 Å². The maximum absolute atomic E-state index is 13.8. The number of carbonyl (C=O) groups is 2. The Labute approximate surface area is 251 Å². The lowest BCUT2D eigenvalue weighted by Gasteiger charge is -2.47. The Bertz CT molecular complexity index is 1390. The summed E-state index contributed by atoms with van der Waals surface area (Å²) in [5.74, 6) is -2.21. The predicted molar refractivity (Wildman–Crippen MR) is 162 cm³/mol. The molecule has 5 rings (SSSR count). The van der Waals surface area contributed by atoms with Gasteiger partial charge < -0.3 is 15.0 Å². The number of hydrogen-bond donors (Lipinski definition) is 1. The fraction of sp³-hybridized carbons (Fsp3) is 0.515. The number of aromatic nitrogens is 2. The van der Waals surface area contributed by atoms with Crippen LogP contribution in [0.15, 0.2) is 54.9 Å². The summed E-state index contributed by atoms with van der Waals surface area (Å²) in [5.41, 5.74) is 1.41. The van der Waals surface area contributed by atoms with Gasteiger partial charge in [-0.1, -0.05) is 43.3 Å². The van der Waals surface area contributed by atoms with E-state index in [1.165, 1.54) is 18.5 Å². The van der Waals surface area contributed by atoms with Crippen molar-refractivity contribution in [3.8, 4) is 0 Å². The zero-order chi connectivity index (χ0) is 30.4. The number of Topliss-reactive ketones (excluding diaryl/α,β-unsaturated/α-hetero) is 1. The van der Waals surface area contributed by atoms with Gasteiger partial charge in [-0.3, -0.25) is 9.69 Å². The van der Waals surface area contributed by atoms with Crippen LogP contribution in [0.5, 0.6) is 0 Å². The van der Waals surface area contributed by atoms with Crippen LogP contribution in [0.4, 0.5) is 19.4 Å². The van der Waals surface area contributed by atoms with Crippen molar-refractivity contribution >= 4 is 28.6 Å². The van der Waals surface area contributed by atoms with Crippen LogP contribution in [0.3, 0.4) is 0 Å². The average molecular weight is 594 g/mol. The van der Waals surface area contributed by atoms with Crippen LogP contribution in [-0.2, 0) is 22.1 Å². The van der Waals surface area contributed by atoms with Crippen molar-refractivity contribution in [3.05, 3.63) is 66.0 Å². The zero-order valence-electron chi connectivity index (χ0n) is 25.0. The number of halogens is 2. The van der Waals surface area contributed by atoms with Crippen LogP contribution >= 0.6 is 0 Å². The highest BCUT2D eigenvalue weighted by atomic mass is 19.3. The van der Waals surface area contributed by atoms with Crippen LogP contribution in [0.1, 0.15) is 63.5 Å². The van der Waals surface area contributed by atoms with Crippen molar-refractivity contribution in [2.45, 2.75) is 77.0 Å². The molecule has 43 heavy (non-hydrogen) atoms. The predicted octanol–water partition coefficient (Wildman–Crippen LogP) is 6.40. The lowest BCUT2D eigenvalue weighted by atomic mass is 9.84. The molecular weight excluding hydrogens is 552 g/mol. The number of fused-ring (bicyclic) bond motifs is 1. The van der Waals surface area contributed by atoms with Gasteiger partial charge in [0, 0.05) is 56.0 Å². The second-order valence-corrected chi connectivity index (χ2v) is 12.0. The number of alkyl halides is 2. The molecule has 2 fully saturated rings. The molecule has 2 heterocycles. The molecule has 0 spiro atoms. The van der Waals surface area contributed by atoms with E-state index in [-0.39, 0.29) is 36.6 Å². The number of anilines is 1. The molecule has 0 unspecified atom stereocenters. The molecule has 0 radical (unpaired) electrons. The van der Waals surface area contributed by atoms with Crippen LogP contribution in [-0.4, -0.2) is 69.9 Å². The zero-order valence-corrected chi connectivity index (χ0v) is 25.0. The van der Waals surface area contributed by atoms with E-state index in [9.17, 15) is 18.4 Å². The van der Waals surface area contributed by atoms with Gasteiger partial charge in [-0.2, -0.15) is 0 Å². The van der Waals surface area contributed by atoms with E-state index in [2.05, 4.69) is 27.1 Å². The smallest absolute Gasteiger partial charge is 0.410 e. The molecule has 0 bridgehead atoms. The Hall–Kier alpha value is -3.66. The number of rotatable bonds is 12. The third kappa shape index (κ3) is 7.84. The minimum Gasteiger partial charge on any atom is -0.445 e. The standard InChI is InChI=1S/C33H41F2N5O3/c1-3-15-40(32(42)43-21-23-7-5-4-6-8-23)27-12-10-26(11-13-27)39-19-24(20-39)16-28(41)18-36-31-29-17-25(33(2,34)35)9-14-30(29)37-22-38-31/h4-9,14,17,22,24,26-27H,3,10-13,15-16,18-21H2,1-2H3,(H,36,37,38). The summed E-state index contributed by atoms with van der Waals surface area (Å²) < 4.78 is 33.3. The molecular formula is C33H41F2N5O3. The summed E-state index contributed by atoms with van der Waals surface area (Å²) >= 11 is 0. The quantitative estimate of drug-likeness (QED) is 0.260. The summed E-state index contributed by atoms with van der Waals surface area (Å²) in [7, 11) is 0. The summed E-state index contributed by atoms with van der Waals surface area (Å²) in [4.78, 5) is 38.4. The number of ether oxygens (including phenoxy) is 1. The third-order valence-electron chi connectivity index (χ3n) is 8.62. The van der Waals surface area contributed by atoms with Crippen molar-refractivity contribution in [1.82, 2.24) is 19.8 Å². The van der Waals surface area contributed by atoms with Crippen molar-refractivity contribution in [3.63, 3.8) is 0 Å². The van der Waals surface area contributed by atoms with Crippen LogP contribution < -0.4 is 5.32 Å². The molecule has 1 saturated heterocycles. The first kappa shape index (κ1) is 30.8. The van der Waals surface area contributed by atoms with E-state index in [0.29, 0.717) is 41.6 Å². The molecule has 10 heteroatoms. The van der Waals surface area contributed by atoms with Gasteiger partial charge in [0.15, 0.2) is 5.78 Å². The highest BCUT2D eigenvalue weighted by Gasteiger charge is 2.37. The summed E-state index contributed by atoms with van der Waals surface area (Å²) in [6, 6.07) is 14.7. The number of benzene rings is 2. The summed E-state index contributed by atoms with van der Waals surface area (Å²) in [6.07, 6.45) is 6.45. The second kappa shape index (κ2) is 13.8. The van der Waals surface area contributed by atoms with Gasteiger partial charge in [0.2, 0.25) is 0 Å². The number of carbonyl (C=O) groups excluding carboxylic acids is 2. The van der Waals surface area contributed by atoms with Crippen LogP contribution in [0.2, 0.25) is 0 Å². The van der Waals surface area contributed by atoms with Crippen molar-refractivity contribution in [2.24, 2.45) is 5.92 Å². The summed E-state index contributed by atoms with van der Waals surface area (Å²) in [6.45, 7) is 5.80. The molecule has 1 saturated carbocycles. The molecule has 2 aromatic carbocycles. The number of nitrogens with zero attached hydrogens (tertiary/aromatic N) is 4. The van der Waals surface area contributed by atoms with E-state index in [1.54, 1.807) is 6.07 Å². The number of nitrogens with one attached hydrogen (secondary N) is 1. The maximum Gasteiger partial charge on any atom is 0.410 e. The van der Waals surface area contributed by atoms with E-state index in [4.69, 9.17) is 4.74 Å². The van der Waals surface area contributed by atoms with E-state index in [0.717, 1.165) is 57.7 Å². The largest absolute Gasteiger partial charge is 0.445 e. The maximum atomic E-state index is 13.8. The molecule has 8 nitrogen and oxygen atoms in total. The number of amides is 1. The fourth-order valence-electron chi connectivity index (χ4n) is 6.29. The molecule has 3 aromatic rings. The normalized spacial score (nSPS) is 19.5. The molecule has 1 aromatic heterocycles. The first-order chi connectivity index (χ1) is 20.7. The highest BCUT2D eigenvalue weighted by molar-refractivity contribution is 5.91. The molecule has 0 atom stereocenters. The third-order valence-corrected chi connectivity index (χ3v) is 8.62. The first-order valence-corrected chi connectivity index (χ1v) is 15.3. The fourth-order valence-corrected chi connectivity index (χ4v) is 6.29. The minimum absolute atomic E-state index is 0.0707. The minimum atomic E-state index is -2.98. The topological polar surface area (TPSA) is 87.7 Å². The molecule has 1 amide bonds. The van der Waals surface area contributed by atoms with Crippen LogP contribution in [0, 0.1) is 5.92 Å². The lowest BCUT2D eigenvalue weighted by molar-refractivity contribution is -0.120. The monoisotopic (exact) mass is 593 g/mol. The second-order valence-electron chi connectivity index (χ2n) is 12.0. The number of hydrogen-bond acceptors (Lipinski definition) is 7. The van der Waals surface area contributed by atoms with Gasteiger partial charge in [-0.05, 0) is 55.7 Å². The van der Waals surface area contributed by atoms with Crippen molar-refractivity contribution in [2.75, 3.05) is 31.5 Å². The molecule has 1 aliphatic carbocycles. The molecule has 1 aliphatic heterocycles. The van der Waals surface area contributed by atoms with Gasteiger partial charge in [0.25, 0.3) is 5.92 Å². The average Bonchev–Trinajstić information content (AvgIpc) is 2.99. The SMILES string of the molecule is CCCN(C(=O)OCc1ccccc1)C1CCC(N2CC(CC(=O)CNc3ncnc4ccc(C(C)(F)F)cc34)C2)CC1. The Kier molecular flexibility index (Phi) is 9.85.